The van der Waals surface area contributed by atoms with Crippen molar-refractivity contribution in [3.8, 4) is 5.75 Å². The highest BCUT2D eigenvalue weighted by atomic mass is 19.1. The second-order valence-electron chi connectivity index (χ2n) is 4.87. The maximum Gasteiger partial charge on any atom is 0.255 e. The fourth-order valence-electron chi connectivity index (χ4n) is 2.02. The van der Waals surface area contributed by atoms with Crippen LogP contribution in [0.1, 0.15) is 22.8 Å². The van der Waals surface area contributed by atoms with Crippen LogP contribution in [0.25, 0.3) is 0 Å². The molecule has 21 heavy (non-hydrogen) atoms. The van der Waals surface area contributed by atoms with Crippen LogP contribution in [-0.2, 0) is 6.42 Å². The number of hydrogen-bond donors (Lipinski definition) is 2. The van der Waals surface area contributed by atoms with Gasteiger partial charge in [0.2, 0.25) is 0 Å². The first-order valence-corrected chi connectivity index (χ1v) is 6.49. The average molecular weight is 291 g/mol. The van der Waals surface area contributed by atoms with E-state index in [1.54, 1.807) is 19.1 Å². The van der Waals surface area contributed by atoms with Crippen molar-refractivity contribution in [1.82, 2.24) is 5.32 Å². The van der Waals surface area contributed by atoms with Crippen LogP contribution < -0.4 is 5.32 Å². The van der Waals surface area contributed by atoms with Crippen molar-refractivity contribution in [3.05, 3.63) is 65.2 Å². The van der Waals surface area contributed by atoms with Crippen LogP contribution in [0.3, 0.4) is 0 Å². The number of hydrogen-bond acceptors (Lipinski definition) is 2. The molecule has 0 saturated heterocycles. The molecule has 0 aliphatic carbocycles. The van der Waals surface area contributed by atoms with Gasteiger partial charge in [-0.2, -0.15) is 0 Å². The third kappa shape index (κ3) is 4.02. The van der Waals surface area contributed by atoms with Gasteiger partial charge >= 0.3 is 0 Å². The molecule has 1 unspecified atom stereocenters. The molecule has 0 spiro atoms. The highest BCUT2D eigenvalue weighted by molar-refractivity contribution is 5.96. The van der Waals surface area contributed by atoms with Crippen molar-refractivity contribution in [2.45, 2.75) is 19.4 Å². The first kappa shape index (κ1) is 15.0. The largest absolute Gasteiger partial charge is 0.507 e. The molecule has 0 aromatic heterocycles. The fraction of sp³-hybridized carbons (Fsp3) is 0.188. The third-order valence-electron chi connectivity index (χ3n) is 3.04. The monoisotopic (exact) mass is 291 g/mol. The van der Waals surface area contributed by atoms with E-state index >= 15 is 0 Å². The molecule has 0 aliphatic heterocycles. The van der Waals surface area contributed by atoms with Gasteiger partial charge in [0.15, 0.2) is 0 Å². The Bertz CT molecular complexity index is 641. The topological polar surface area (TPSA) is 49.3 Å². The van der Waals surface area contributed by atoms with Gasteiger partial charge in [-0.1, -0.05) is 12.1 Å². The smallest absolute Gasteiger partial charge is 0.255 e. The summed E-state index contributed by atoms with van der Waals surface area (Å²) in [4.78, 5) is 12.0. The van der Waals surface area contributed by atoms with Crippen LogP contribution in [0, 0.1) is 11.6 Å². The summed E-state index contributed by atoms with van der Waals surface area (Å²) in [6, 6.07) is 9.02. The van der Waals surface area contributed by atoms with Crippen LogP contribution in [0.5, 0.6) is 5.75 Å². The summed E-state index contributed by atoms with van der Waals surface area (Å²) < 4.78 is 25.7. The standard InChI is InChI=1S/C16H15F2NO2/c1-10(8-11-2-4-12(17)5-3-11)19-16(21)14-7-6-13(18)9-15(14)20/h2-7,9-10,20H,8H2,1H3,(H,19,21). The number of carbonyl (C=O) groups is 1. The predicted octanol–water partition coefficient (Wildman–Crippen LogP) is 3.03. The SMILES string of the molecule is CC(Cc1ccc(F)cc1)NC(=O)c1ccc(F)cc1O. The molecule has 2 N–H and O–H groups in total. The molecule has 0 saturated carbocycles. The summed E-state index contributed by atoms with van der Waals surface area (Å²) in [6.45, 7) is 1.79. The average Bonchev–Trinajstić information content (AvgIpc) is 2.41. The Labute approximate surface area is 121 Å². The van der Waals surface area contributed by atoms with E-state index in [4.69, 9.17) is 0 Å². The van der Waals surface area contributed by atoms with E-state index in [2.05, 4.69) is 5.32 Å². The first-order chi connectivity index (χ1) is 9.95. The summed E-state index contributed by atoms with van der Waals surface area (Å²) in [7, 11) is 0. The van der Waals surface area contributed by atoms with Crippen LogP contribution in [0.2, 0.25) is 0 Å². The number of halogens is 2. The number of benzene rings is 2. The zero-order valence-corrected chi connectivity index (χ0v) is 11.4. The van der Waals surface area contributed by atoms with Gasteiger partial charge in [-0.3, -0.25) is 4.79 Å². The number of nitrogens with one attached hydrogen (secondary N) is 1. The Balaban J connectivity index is 2.00. The van der Waals surface area contributed by atoms with Crippen molar-refractivity contribution < 1.29 is 18.7 Å². The van der Waals surface area contributed by atoms with E-state index in [1.807, 2.05) is 0 Å². The van der Waals surface area contributed by atoms with E-state index in [-0.39, 0.29) is 17.4 Å². The van der Waals surface area contributed by atoms with E-state index < -0.39 is 17.5 Å². The highest BCUT2D eigenvalue weighted by Crippen LogP contribution is 2.18. The Morgan fingerprint density at radius 1 is 1.14 bits per heavy atom. The number of amides is 1. The molecule has 0 heterocycles. The van der Waals surface area contributed by atoms with Crippen LogP contribution >= 0.6 is 0 Å². The lowest BCUT2D eigenvalue weighted by Crippen LogP contribution is -2.34. The second kappa shape index (κ2) is 6.35. The van der Waals surface area contributed by atoms with E-state index in [0.717, 1.165) is 17.7 Å². The quantitative estimate of drug-likeness (QED) is 0.909. The lowest BCUT2D eigenvalue weighted by Gasteiger charge is -2.14. The van der Waals surface area contributed by atoms with Gasteiger partial charge in [-0.15, -0.1) is 0 Å². The molecule has 5 heteroatoms. The fourth-order valence-corrected chi connectivity index (χ4v) is 2.02. The lowest BCUT2D eigenvalue weighted by molar-refractivity contribution is 0.0937. The maximum absolute atomic E-state index is 12.9. The number of phenolic OH excluding ortho intramolecular Hbond substituents is 1. The Kier molecular flexibility index (Phi) is 4.52. The maximum atomic E-state index is 12.9. The Hall–Kier alpha value is -2.43. The van der Waals surface area contributed by atoms with E-state index in [0.29, 0.717) is 6.42 Å². The van der Waals surface area contributed by atoms with E-state index in [1.165, 1.54) is 18.2 Å². The predicted molar refractivity (Wildman–Crippen MR) is 75.1 cm³/mol. The highest BCUT2D eigenvalue weighted by Gasteiger charge is 2.14. The van der Waals surface area contributed by atoms with Crippen molar-refractivity contribution >= 4 is 5.91 Å². The van der Waals surface area contributed by atoms with Gasteiger partial charge in [-0.25, -0.2) is 8.78 Å². The minimum absolute atomic E-state index is 0.0161. The normalized spacial score (nSPS) is 12.0. The third-order valence-corrected chi connectivity index (χ3v) is 3.04. The zero-order chi connectivity index (χ0) is 15.4. The van der Waals surface area contributed by atoms with Gasteiger partial charge in [0.25, 0.3) is 5.91 Å². The summed E-state index contributed by atoms with van der Waals surface area (Å²) in [5.41, 5.74) is 0.898. The minimum Gasteiger partial charge on any atom is -0.507 e. The summed E-state index contributed by atoms with van der Waals surface area (Å²) in [5, 5.41) is 12.3. The number of aromatic hydroxyl groups is 1. The molecule has 2 aromatic rings. The molecule has 0 fully saturated rings. The van der Waals surface area contributed by atoms with Gasteiger partial charge in [0, 0.05) is 12.1 Å². The van der Waals surface area contributed by atoms with Crippen molar-refractivity contribution in [1.29, 1.82) is 0 Å². The minimum atomic E-state index is -0.608. The van der Waals surface area contributed by atoms with Crippen LogP contribution in [-0.4, -0.2) is 17.1 Å². The Morgan fingerprint density at radius 2 is 1.76 bits per heavy atom. The summed E-state index contributed by atoms with van der Waals surface area (Å²) in [6.07, 6.45) is 0.522. The van der Waals surface area contributed by atoms with Crippen molar-refractivity contribution in [2.75, 3.05) is 0 Å². The van der Waals surface area contributed by atoms with Gasteiger partial charge in [-0.05, 0) is 43.2 Å². The van der Waals surface area contributed by atoms with Crippen LogP contribution in [0.15, 0.2) is 42.5 Å². The molecule has 0 radical (unpaired) electrons. The summed E-state index contributed by atoms with van der Waals surface area (Å²) >= 11 is 0. The molecule has 0 aliphatic rings. The second-order valence-corrected chi connectivity index (χ2v) is 4.87. The van der Waals surface area contributed by atoms with Crippen molar-refractivity contribution in [2.24, 2.45) is 0 Å². The summed E-state index contributed by atoms with van der Waals surface area (Å²) in [5.74, 6) is -1.81. The molecule has 0 bridgehead atoms. The molecule has 2 aromatic carbocycles. The zero-order valence-electron chi connectivity index (χ0n) is 11.4. The molecule has 2 rings (SSSR count). The van der Waals surface area contributed by atoms with Gasteiger partial charge < -0.3 is 10.4 Å². The van der Waals surface area contributed by atoms with Gasteiger partial charge in [0.05, 0.1) is 5.56 Å². The number of phenols is 1. The molecular formula is C16H15F2NO2. The number of carbonyl (C=O) groups excluding carboxylic acids is 1. The Morgan fingerprint density at radius 3 is 2.38 bits per heavy atom. The molecule has 1 atom stereocenters. The van der Waals surface area contributed by atoms with Crippen molar-refractivity contribution in [3.63, 3.8) is 0 Å². The molecular weight excluding hydrogens is 276 g/mol. The first-order valence-electron chi connectivity index (χ1n) is 6.49. The number of rotatable bonds is 4. The van der Waals surface area contributed by atoms with Crippen LogP contribution in [0.4, 0.5) is 8.78 Å². The molecule has 1 amide bonds. The van der Waals surface area contributed by atoms with E-state index in [9.17, 15) is 18.7 Å². The molecule has 3 nitrogen and oxygen atoms in total. The lowest BCUT2D eigenvalue weighted by atomic mass is 10.1. The molecule has 110 valence electrons. The van der Waals surface area contributed by atoms with Gasteiger partial charge in [0.1, 0.15) is 17.4 Å².